The average molecular weight is 313 g/mol. The minimum Gasteiger partial charge on any atom is -0.477 e. The van der Waals surface area contributed by atoms with Crippen LogP contribution in [-0.2, 0) is 11.2 Å². The molecular formula is C14H17ClN2O2S. The van der Waals surface area contributed by atoms with Crippen LogP contribution in [-0.4, -0.2) is 29.8 Å². The Labute approximate surface area is 127 Å². The molecular weight excluding hydrogens is 296 g/mol. The maximum atomic E-state index is 5.98. The van der Waals surface area contributed by atoms with Gasteiger partial charge in [-0.1, -0.05) is 6.92 Å². The molecule has 2 aromatic rings. The van der Waals surface area contributed by atoms with Crippen LogP contribution < -0.4 is 4.74 Å². The van der Waals surface area contributed by atoms with Crippen molar-refractivity contribution in [2.45, 2.75) is 26.2 Å². The summed E-state index contributed by atoms with van der Waals surface area (Å²) >= 11 is 7.63. The standard InChI is InChI=1S/C14H17ClN2O2S/c1-2-10-7-11-12(16-14(15)17-13(11)20-10)19-8-9-3-5-18-6-4-9/h7,9H,2-6,8H2,1H3. The molecule has 0 unspecified atom stereocenters. The number of halogens is 1. The van der Waals surface area contributed by atoms with Gasteiger partial charge < -0.3 is 9.47 Å². The van der Waals surface area contributed by atoms with Gasteiger partial charge in [0.05, 0.1) is 12.0 Å². The van der Waals surface area contributed by atoms with Crippen molar-refractivity contribution in [2.75, 3.05) is 19.8 Å². The third-order valence-electron chi connectivity index (χ3n) is 3.53. The number of fused-ring (bicyclic) bond motifs is 1. The number of aryl methyl sites for hydroxylation is 1. The van der Waals surface area contributed by atoms with Gasteiger partial charge in [0.1, 0.15) is 4.83 Å². The van der Waals surface area contributed by atoms with Crippen LogP contribution >= 0.6 is 22.9 Å². The summed E-state index contributed by atoms with van der Waals surface area (Å²) in [5.74, 6) is 1.15. The fraction of sp³-hybridized carbons (Fsp3) is 0.571. The summed E-state index contributed by atoms with van der Waals surface area (Å²) in [6, 6.07) is 2.11. The molecule has 0 radical (unpaired) electrons. The molecule has 0 N–H and O–H groups in total. The largest absolute Gasteiger partial charge is 0.477 e. The minimum atomic E-state index is 0.254. The molecule has 0 atom stereocenters. The summed E-state index contributed by atoms with van der Waals surface area (Å²) < 4.78 is 11.3. The summed E-state index contributed by atoms with van der Waals surface area (Å²) in [5, 5.41) is 1.23. The first-order valence-electron chi connectivity index (χ1n) is 6.92. The molecule has 3 heterocycles. The van der Waals surface area contributed by atoms with Crippen LogP contribution in [0.3, 0.4) is 0 Å². The van der Waals surface area contributed by atoms with E-state index in [1.807, 2.05) is 0 Å². The number of ether oxygens (including phenoxy) is 2. The van der Waals surface area contributed by atoms with Crippen LogP contribution in [0.5, 0.6) is 5.88 Å². The number of aromatic nitrogens is 2. The van der Waals surface area contributed by atoms with Gasteiger partial charge >= 0.3 is 0 Å². The number of hydrogen-bond acceptors (Lipinski definition) is 5. The first-order valence-corrected chi connectivity index (χ1v) is 8.12. The lowest BCUT2D eigenvalue weighted by atomic mass is 10.0. The number of nitrogens with zero attached hydrogens (tertiary/aromatic N) is 2. The topological polar surface area (TPSA) is 44.2 Å². The molecule has 20 heavy (non-hydrogen) atoms. The fourth-order valence-electron chi connectivity index (χ4n) is 2.31. The lowest BCUT2D eigenvalue weighted by molar-refractivity contribution is 0.0493. The zero-order valence-electron chi connectivity index (χ0n) is 11.4. The Morgan fingerprint density at radius 1 is 1.40 bits per heavy atom. The molecule has 0 aliphatic carbocycles. The Kier molecular flexibility index (Phi) is 4.38. The smallest absolute Gasteiger partial charge is 0.227 e. The van der Waals surface area contributed by atoms with Gasteiger partial charge in [0, 0.05) is 18.1 Å². The summed E-state index contributed by atoms with van der Waals surface area (Å²) in [6.07, 6.45) is 3.08. The van der Waals surface area contributed by atoms with Crippen molar-refractivity contribution in [3.63, 3.8) is 0 Å². The van der Waals surface area contributed by atoms with E-state index in [2.05, 4.69) is 23.0 Å². The lowest BCUT2D eigenvalue weighted by Crippen LogP contribution is -2.21. The van der Waals surface area contributed by atoms with E-state index in [-0.39, 0.29) is 5.28 Å². The van der Waals surface area contributed by atoms with Gasteiger partial charge in [-0.05, 0) is 42.8 Å². The van der Waals surface area contributed by atoms with Crippen molar-refractivity contribution >= 4 is 33.2 Å². The number of rotatable bonds is 4. The van der Waals surface area contributed by atoms with E-state index in [1.54, 1.807) is 11.3 Å². The third kappa shape index (κ3) is 3.05. The number of thiophene rings is 1. The molecule has 1 aliphatic heterocycles. The molecule has 2 aromatic heterocycles. The second kappa shape index (κ2) is 6.24. The van der Waals surface area contributed by atoms with Crippen LogP contribution in [0.15, 0.2) is 6.07 Å². The predicted molar refractivity (Wildman–Crippen MR) is 80.8 cm³/mol. The van der Waals surface area contributed by atoms with Crippen LogP contribution in [0.2, 0.25) is 5.28 Å². The Morgan fingerprint density at radius 3 is 2.95 bits per heavy atom. The fourth-order valence-corrected chi connectivity index (χ4v) is 3.48. The maximum absolute atomic E-state index is 5.98. The van der Waals surface area contributed by atoms with E-state index in [4.69, 9.17) is 21.1 Å². The Bertz CT molecular complexity index is 596. The van der Waals surface area contributed by atoms with E-state index in [1.165, 1.54) is 4.88 Å². The summed E-state index contributed by atoms with van der Waals surface area (Å²) in [6.45, 7) is 4.45. The molecule has 1 saturated heterocycles. The molecule has 1 aliphatic rings. The number of hydrogen-bond donors (Lipinski definition) is 0. The van der Waals surface area contributed by atoms with Gasteiger partial charge in [-0.2, -0.15) is 4.98 Å². The molecule has 108 valence electrons. The van der Waals surface area contributed by atoms with Crippen LogP contribution in [0.4, 0.5) is 0 Å². The van der Waals surface area contributed by atoms with Gasteiger partial charge in [0.15, 0.2) is 0 Å². The van der Waals surface area contributed by atoms with Crippen molar-refractivity contribution in [2.24, 2.45) is 5.92 Å². The van der Waals surface area contributed by atoms with E-state index in [0.717, 1.165) is 42.7 Å². The van der Waals surface area contributed by atoms with Gasteiger partial charge in [-0.3, -0.25) is 0 Å². The van der Waals surface area contributed by atoms with Crippen molar-refractivity contribution in [3.05, 3.63) is 16.2 Å². The lowest BCUT2D eigenvalue weighted by Gasteiger charge is -2.21. The van der Waals surface area contributed by atoms with Crippen LogP contribution in [0.1, 0.15) is 24.6 Å². The molecule has 1 fully saturated rings. The summed E-state index contributed by atoms with van der Waals surface area (Å²) in [5.41, 5.74) is 0. The van der Waals surface area contributed by atoms with E-state index < -0.39 is 0 Å². The van der Waals surface area contributed by atoms with Crippen LogP contribution in [0.25, 0.3) is 10.2 Å². The first-order chi connectivity index (χ1) is 9.76. The average Bonchev–Trinajstić information content (AvgIpc) is 2.88. The summed E-state index contributed by atoms with van der Waals surface area (Å²) in [4.78, 5) is 10.7. The zero-order valence-corrected chi connectivity index (χ0v) is 13.0. The van der Waals surface area contributed by atoms with E-state index in [9.17, 15) is 0 Å². The summed E-state index contributed by atoms with van der Waals surface area (Å²) in [7, 11) is 0. The SMILES string of the molecule is CCc1cc2c(OCC3CCOCC3)nc(Cl)nc2s1. The van der Waals surface area contributed by atoms with Crippen molar-refractivity contribution in [1.82, 2.24) is 9.97 Å². The maximum Gasteiger partial charge on any atom is 0.227 e. The molecule has 0 saturated carbocycles. The highest BCUT2D eigenvalue weighted by atomic mass is 35.5. The highest BCUT2D eigenvalue weighted by Gasteiger charge is 2.17. The molecule has 0 bridgehead atoms. The molecule has 6 heteroatoms. The molecule has 0 aromatic carbocycles. The first kappa shape index (κ1) is 14.0. The van der Waals surface area contributed by atoms with E-state index >= 15 is 0 Å². The Morgan fingerprint density at radius 2 is 2.20 bits per heavy atom. The molecule has 4 nitrogen and oxygen atoms in total. The Balaban J connectivity index is 1.80. The Hall–Kier alpha value is -0.910. The van der Waals surface area contributed by atoms with Crippen molar-refractivity contribution in [3.8, 4) is 5.88 Å². The predicted octanol–water partition coefficient (Wildman–Crippen LogP) is 3.71. The van der Waals surface area contributed by atoms with Gasteiger partial charge in [-0.15, -0.1) is 11.3 Å². The molecule has 0 amide bonds. The highest BCUT2D eigenvalue weighted by molar-refractivity contribution is 7.18. The molecule has 0 spiro atoms. The normalized spacial score (nSPS) is 16.7. The minimum absolute atomic E-state index is 0.254. The quantitative estimate of drug-likeness (QED) is 0.807. The second-order valence-electron chi connectivity index (χ2n) is 4.95. The third-order valence-corrected chi connectivity index (χ3v) is 4.87. The van der Waals surface area contributed by atoms with Gasteiger partial charge in [0.25, 0.3) is 0 Å². The van der Waals surface area contributed by atoms with E-state index in [0.29, 0.717) is 18.4 Å². The monoisotopic (exact) mass is 312 g/mol. The van der Waals surface area contributed by atoms with Crippen LogP contribution in [0, 0.1) is 5.92 Å². The van der Waals surface area contributed by atoms with Gasteiger partial charge in [0.2, 0.25) is 11.2 Å². The highest BCUT2D eigenvalue weighted by Crippen LogP contribution is 2.32. The van der Waals surface area contributed by atoms with Crippen molar-refractivity contribution < 1.29 is 9.47 Å². The zero-order chi connectivity index (χ0) is 13.9. The second-order valence-corrected chi connectivity index (χ2v) is 6.40. The molecule has 3 rings (SSSR count). The van der Waals surface area contributed by atoms with Crippen molar-refractivity contribution in [1.29, 1.82) is 0 Å². The van der Waals surface area contributed by atoms with Gasteiger partial charge in [-0.25, -0.2) is 4.98 Å².